The number of carbonyl (C=O) groups is 1. The van der Waals surface area contributed by atoms with Crippen molar-refractivity contribution in [2.45, 2.75) is 16.2 Å². The van der Waals surface area contributed by atoms with Crippen molar-refractivity contribution in [1.82, 2.24) is 10.2 Å². The van der Waals surface area contributed by atoms with Crippen LogP contribution in [0, 0.1) is 0 Å². The maximum absolute atomic E-state index is 13.7. The SMILES string of the molecule is C=CCSc1nnc(NC(=O)CN(c2ccc(OCC)cc2)S(=O)(=O)c2ccc(OC)c(OC)c2)s1. The number of carbonyl (C=O) groups excluding carboxylic acids is 1. The average molecular weight is 551 g/mol. The number of amides is 1. The number of aromatic nitrogens is 2. The van der Waals surface area contributed by atoms with Gasteiger partial charge in [-0.15, -0.1) is 16.8 Å². The molecule has 36 heavy (non-hydrogen) atoms. The molecule has 0 spiro atoms. The van der Waals surface area contributed by atoms with Gasteiger partial charge in [-0.25, -0.2) is 8.42 Å². The minimum atomic E-state index is -4.18. The monoisotopic (exact) mass is 550 g/mol. The molecule has 0 atom stereocenters. The molecule has 0 radical (unpaired) electrons. The first kappa shape index (κ1) is 27.3. The summed E-state index contributed by atoms with van der Waals surface area (Å²) >= 11 is 2.62. The molecule has 10 nitrogen and oxygen atoms in total. The second-order valence-electron chi connectivity index (χ2n) is 6.98. The van der Waals surface area contributed by atoms with Gasteiger partial charge in [-0.1, -0.05) is 29.2 Å². The Hall–Kier alpha value is -3.29. The molecule has 0 bridgehead atoms. The predicted molar refractivity (Wildman–Crippen MR) is 141 cm³/mol. The van der Waals surface area contributed by atoms with Gasteiger partial charge in [0.05, 0.1) is 31.4 Å². The lowest BCUT2D eigenvalue weighted by molar-refractivity contribution is -0.114. The highest BCUT2D eigenvalue weighted by atomic mass is 32.2. The number of anilines is 2. The van der Waals surface area contributed by atoms with E-state index in [9.17, 15) is 13.2 Å². The van der Waals surface area contributed by atoms with E-state index in [1.165, 1.54) is 55.5 Å². The third kappa shape index (κ3) is 6.68. The van der Waals surface area contributed by atoms with Crippen LogP contribution in [0.3, 0.4) is 0 Å². The number of nitrogens with zero attached hydrogens (tertiary/aromatic N) is 3. The first-order valence-electron chi connectivity index (χ1n) is 10.7. The van der Waals surface area contributed by atoms with Crippen LogP contribution >= 0.6 is 23.1 Å². The Kier molecular flexibility index (Phi) is 9.56. The van der Waals surface area contributed by atoms with E-state index in [2.05, 4.69) is 22.1 Å². The predicted octanol–water partition coefficient (Wildman–Crippen LogP) is 4.07. The zero-order valence-electron chi connectivity index (χ0n) is 20.0. The Balaban J connectivity index is 1.92. The maximum atomic E-state index is 13.7. The molecular weight excluding hydrogens is 524 g/mol. The number of benzene rings is 2. The molecule has 0 saturated carbocycles. The minimum absolute atomic E-state index is 0.0686. The van der Waals surface area contributed by atoms with Crippen LogP contribution in [-0.2, 0) is 14.8 Å². The lowest BCUT2D eigenvalue weighted by Crippen LogP contribution is -2.38. The fourth-order valence-electron chi connectivity index (χ4n) is 3.03. The van der Waals surface area contributed by atoms with Gasteiger partial charge in [0.25, 0.3) is 10.0 Å². The Morgan fingerprint density at radius 2 is 1.86 bits per heavy atom. The maximum Gasteiger partial charge on any atom is 0.264 e. The summed E-state index contributed by atoms with van der Waals surface area (Å²) in [5.74, 6) is 1.27. The van der Waals surface area contributed by atoms with Gasteiger partial charge in [-0.05, 0) is 43.3 Å². The number of ether oxygens (including phenoxy) is 3. The van der Waals surface area contributed by atoms with E-state index in [0.29, 0.717) is 28.2 Å². The molecule has 0 aliphatic rings. The topological polar surface area (TPSA) is 120 Å². The van der Waals surface area contributed by atoms with E-state index in [-0.39, 0.29) is 21.5 Å². The van der Waals surface area contributed by atoms with E-state index < -0.39 is 22.5 Å². The lowest BCUT2D eigenvalue weighted by Gasteiger charge is -2.24. The molecule has 0 fully saturated rings. The number of rotatable bonds is 13. The summed E-state index contributed by atoms with van der Waals surface area (Å²) in [6.07, 6.45) is 1.73. The number of nitrogens with one attached hydrogen (secondary N) is 1. The molecule has 1 N–H and O–H groups in total. The van der Waals surface area contributed by atoms with E-state index in [4.69, 9.17) is 14.2 Å². The standard InChI is InChI=1S/C23H26N4O6S3/c1-5-13-34-23-26-25-22(35-23)24-21(28)15-27(16-7-9-17(10-8-16)33-6-2)36(29,30)18-11-12-19(31-3)20(14-18)32-4/h5,7-12,14H,1,6,13,15H2,2-4H3,(H,24,25,28). The number of sulfonamides is 1. The molecule has 0 aliphatic heterocycles. The van der Waals surface area contributed by atoms with Crippen LogP contribution in [0.5, 0.6) is 17.2 Å². The van der Waals surface area contributed by atoms with E-state index >= 15 is 0 Å². The lowest BCUT2D eigenvalue weighted by atomic mass is 10.3. The van der Waals surface area contributed by atoms with Gasteiger partial charge in [0.1, 0.15) is 12.3 Å². The molecule has 192 valence electrons. The Labute approximate surface area is 218 Å². The van der Waals surface area contributed by atoms with Gasteiger partial charge in [-0.3, -0.25) is 14.4 Å². The zero-order chi connectivity index (χ0) is 26.1. The fraction of sp³-hybridized carbons (Fsp3) is 0.261. The van der Waals surface area contributed by atoms with Gasteiger partial charge in [0.2, 0.25) is 11.0 Å². The van der Waals surface area contributed by atoms with Crippen LogP contribution in [-0.4, -0.2) is 57.6 Å². The highest BCUT2D eigenvalue weighted by Crippen LogP contribution is 2.33. The minimum Gasteiger partial charge on any atom is -0.494 e. The van der Waals surface area contributed by atoms with Gasteiger partial charge in [-0.2, -0.15) is 0 Å². The van der Waals surface area contributed by atoms with Crippen LogP contribution in [0.15, 0.2) is 64.4 Å². The molecule has 0 aliphatic carbocycles. The molecule has 1 amide bonds. The molecular formula is C23H26N4O6S3. The van der Waals surface area contributed by atoms with Crippen LogP contribution < -0.4 is 23.8 Å². The summed E-state index contributed by atoms with van der Waals surface area (Å²) < 4.78 is 45.0. The summed E-state index contributed by atoms with van der Waals surface area (Å²) in [5, 5.41) is 10.8. The quantitative estimate of drug-likeness (QED) is 0.191. The van der Waals surface area contributed by atoms with Crippen molar-refractivity contribution in [3.05, 3.63) is 55.1 Å². The number of methoxy groups -OCH3 is 2. The molecule has 3 rings (SSSR count). The summed E-state index contributed by atoms with van der Waals surface area (Å²) in [5.41, 5.74) is 0.280. The second kappa shape index (κ2) is 12.6. The fourth-order valence-corrected chi connectivity index (χ4v) is 6.00. The number of thioether (sulfide) groups is 1. The Morgan fingerprint density at radius 1 is 1.14 bits per heavy atom. The van der Waals surface area contributed by atoms with Gasteiger partial charge >= 0.3 is 0 Å². The third-order valence-corrected chi connectivity index (χ3v) is 8.38. The summed E-state index contributed by atoms with van der Waals surface area (Å²) in [6.45, 7) is 5.47. The van der Waals surface area contributed by atoms with Crippen molar-refractivity contribution >= 4 is 49.8 Å². The van der Waals surface area contributed by atoms with Gasteiger partial charge in [0, 0.05) is 11.8 Å². The van der Waals surface area contributed by atoms with E-state index in [1.54, 1.807) is 30.3 Å². The van der Waals surface area contributed by atoms with Crippen molar-refractivity contribution in [2.75, 3.05) is 42.7 Å². The molecule has 1 aromatic heterocycles. The highest BCUT2D eigenvalue weighted by molar-refractivity contribution is 8.01. The van der Waals surface area contributed by atoms with Crippen LogP contribution in [0.1, 0.15) is 6.92 Å². The smallest absolute Gasteiger partial charge is 0.264 e. The first-order valence-corrected chi connectivity index (χ1v) is 13.9. The zero-order valence-corrected chi connectivity index (χ0v) is 22.4. The highest BCUT2D eigenvalue weighted by Gasteiger charge is 2.29. The van der Waals surface area contributed by atoms with Gasteiger partial charge in [0.15, 0.2) is 15.8 Å². The first-order chi connectivity index (χ1) is 17.3. The van der Waals surface area contributed by atoms with E-state index in [1.807, 2.05) is 6.92 Å². The molecule has 2 aromatic carbocycles. The van der Waals surface area contributed by atoms with Crippen molar-refractivity contribution in [2.24, 2.45) is 0 Å². The second-order valence-corrected chi connectivity index (χ2v) is 11.1. The van der Waals surface area contributed by atoms with Crippen LogP contribution in [0.25, 0.3) is 0 Å². The molecule has 0 unspecified atom stereocenters. The number of hydrogen-bond acceptors (Lipinski definition) is 10. The van der Waals surface area contributed by atoms with Gasteiger partial charge < -0.3 is 14.2 Å². The van der Waals surface area contributed by atoms with Crippen molar-refractivity contribution in [3.63, 3.8) is 0 Å². The summed E-state index contributed by atoms with van der Waals surface area (Å²) in [7, 11) is -1.31. The average Bonchev–Trinajstić information content (AvgIpc) is 3.33. The molecule has 1 heterocycles. The Morgan fingerprint density at radius 3 is 2.50 bits per heavy atom. The normalized spacial score (nSPS) is 11.0. The Bertz CT molecular complexity index is 1300. The van der Waals surface area contributed by atoms with Crippen LogP contribution in [0.4, 0.5) is 10.8 Å². The van der Waals surface area contributed by atoms with Crippen molar-refractivity contribution < 1.29 is 27.4 Å². The summed E-state index contributed by atoms with van der Waals surface area (Å²) in [4.78, 5) is 12.9. The molecule has 13 heteroatoms. The van der Waals surface area contributed by atoms with Crippen molar-refractivity contribution in [1.29, 1.82) is 0 Å². The largest absolute Gasteiger partial charge is 0.494 e. The molecule has 3 aromatic rings. The third-order valence-electron chi connectivity index (χ3n) is 4.64. The van der Waals surface area contributed by atoms with E-state index in [0.717, 1.165) is 4.31 Å². The van der Waals surface area contributed by atoms with Crippen molar-refractivity contribution in [3.8, 4) is 17.2 Å². The molecule has 0 saturated heterocycles. The number of hydrogen-bond donors (Lipinski definition) is 1. The van der Waals surface area contributed by atoms with Crippen LogP contribution in [0.2, 0.25) is 0 Å². The summed E-state index contributed by atoms with van der Waals surface area (Å²) in [6, 6.07) is 10.7.